The molecule has 0 radical (unpaired) electrons. The van der Waals surface area contributed by atoms with Crippen molar-refractivity contribution in [2.45, 2.75) is 25.4 Å². The second-order valence-electron chi connectivity index (χ2n) is 10.5. The van der Waals surface area contributed by atoms with Crippen LogP contribution in [0.15, 0.2) is 59.1 Å². The summed E-state index contributed by atoms with van der Waals surface area (Å²) in [7, 11) is 5.28. The molecule has 6 N–H and O–H groups in total. The van der Waals surface area contributed by atoms with Crippen LogP contribution in [0, 0.1) is 17.8 Å². The molecular weight excluding hydrogens is 486 g/mol. The van der Waals surface area contributed by atoms with Gasteiger partial charge in [-0.3, -0.25) is 19.3 Å². The Balaban J connectivity index is 1.66. The summed E-state index contributed by atoms with van der Waals surface area (Å²) in [5.74, 6) is -5.65. The first kappa shape index (κ1) is 25.7. The molecule has 4 atom stereocenters. The minimum Gasteiger partial charge on any atom is -0.511 e. The Morgan fingerprint density at radius 2 is 1.84 bits per heavy atom. The molecule has 3 aliphatic rings. The van der Waals surface area contributed by atoms with Crippen molar-refractivity contribution in [2.75, 3.05) is 21.1 Å². The quantitative estimate of drug-likeness (QED) is 0.379. The summed E-state index contributed by atoms with van der Waals surface area (Å²) in [5, 5.41) is 36.2. The molecule has 3 aliphatic carbocycles. The number of benzene rings is 2. The van der Waals surface area contributed by atoms with Crippen LogP contribution < -0.4 is 11.1 Å². The lowest BCUT2D eigenvalue weighted by Gasteiger charge is -2.46. The summed E-state index contributed by atoms with van der Waals surface area (Å²) < 4.78 is 0. The monoisotopic (exact) mass is 517 g/mol. The average molecular weight is 518 g/mol. The molecule has 0 saturated carbocycles. The highest BCUT2D eigenvalue weighted by Gasteiger charge is 2.54. The fourth-order valence-electron chi connectivity index (χ4n) is 6.59. The summed E-state index contributed by atoms with van der Waals surface area (Å²) in [5.41, 5.74) is 8.51. The average Bonchev–Trinajstić information content (AvgIpc) is 2.83. The normalized spacial score (nSPS) is 24.8. The van der Waals surface area contributed by atoms with E-state index in [1.165, 1.54) is 6.07 Å². The van der Waals surface area contributed by atoms with Gasteiger partial charge in [-0.15, -0.1) is 0 Å². The second-order valence-corrected chi connectivity index (χ2v) is 10.5. The Morgan fingerprint density at radius 3 is 2.50 bits per heavy atom. The number of aliphatic hydroxyl groups is 2. The number of nitrogens with zero attached hydrogens (tertiary/aromatic N) is 1. The van der Waals surface area contributed by atoms with E-state index in [1.54, 1.807) is 25.1 Å². The molecule has 0 saturated heterocycles. The summed E-state index contributed by atoms with van der Waals surface area (Å²) in [4.78, 5) is 40.9. The van der Waals surface area contributed by atoms with Crippen LogP contribution in [0.3, 0.4) is 0 Å². The molecule has 0 aromatic heterocycles. The number of phenolic OH excluding ortho intramolecular Hbond substituents is 1. The summed E-state index contributed by atoms with van der Waals surface area (Å²) >= 11 is 0. The van der Waals surface area contributed by atoms with Gasteiger partial charge in [0.25, 0.3) is 5.91 Å². The van der Waals surface area contributed by atoms with Gasteiger partial charge in [-0.25, -0.2) is 0 Å². The van der Waals surface area contributed by atoms with Crippen molar-refractivity contribution in [3.8, 4) is 16.9 Å². The van der Waals surface area contributed by atoms with Gasteiger partial charge in [-0.1, -0.05) is 24.3 Å². The third-order valence-corrected chi connectivity index (χ3v) is 8.07. The number of carbonyl (C=O) groups excluding carboxylic acids is 3. The molecular formula is C29H31N3O6. The van der Waals surface area contributed by atoms with Crippen molar-refractivity contribution in [3.05, 3.63) is 75.8 Å². The number of ketones is 2. The van der Waals surface area contributed by atoms with Crippen LogP contribution in [0.5, 0.6) is 5.75 Å². The summed E-state index contributed by atoms with van der Waals surface area (Å²) in [6, 6.07) is 10.4. The van der Waals surface area contributed by atoms with Crippen LogP contribution in [0.4, 0.5) is 0 Å². The maximum absolute atomic E-state index is 13.8. The maximum atomic E-state index is 13.8. The zero-order valence-corrected chi connectivity index (χ0v) is 21.5. The number of phenols is 1. The van der Waals surface area contributed by atoms with Gasteiger partial charge in [0, 0.05) is 12.1 Å². The maximum Gasteiger partial charge on any atom is 0.255 e. The smallest absolute Gasteiger partial charge is 0.255 e. The molecule has 9 heteroatoms. The number of primary amides is 1. The Kier molecular flexibility index (Phi) is 6.36. The lowest BCUT2D eigenvalue weighted by molar-refractivity contribution is -0.127. The number of aliphatic hydroxyl groups excluding tert-OH is 2. The van der Waals surface area contributed by atoms with Crippen LogP contribution in [-0.4, -0.2) is 64.9 Å². The lowest BCUT2D eigenvalue weighted by Crippen LogP contribution is -2.53. The molecule has 0 aliphatic heterocycles. The van der Waals surface area contributed by atoms with Crippen molar-refractivity contribution in [3.63, 3.8) is 0 Å². The van der Waals surface area contributed by atoms with Crippen LogP contribution in [0.1, 0.15) is 27.9 Å². The Bertz CT molecular complexity index is 1440. The highest BCUT2D eigenvalue weighted by Crippen LogP contribution is 2.51. The third-order valence-electron chi connectivity index (χ3n) is 8.07. The minimum atomic E-state index is -1.19. The third kappa shape index (κ3) is 3.81. The first-order chi connectivity index (χ1) is 18.1. The molecule has 0 bridgehead atoms. The number of hydrogen-bond donors (Lipinski definition) is 5. The van der Waals surface area contributed by atoms with E-state index in [1.807, 2.05) is 31.3 Å². The Labute approximate surface area is 220 Å². The molecule has 5 rings (SSSR count). The van der Waals surface area contributed by atoms with Crippen molar-refractivity contribution in [1.29, 1.82) is 0 Å². The van der Waals surface area contributed by atoms with Gasteiger partial charge in [0.15, 0.2) is 11.6 Å². The van der Waals surface area contributed by atoms with Crippen LogP contribution in [0.25, 0.3) is 11.1 Å². The number of aromatic hydroxyl groups is 1. The predicted molar refractivity (Wildman–Crippen MR) is 140 cm³/mol. The van der Waals surface area contributed by atoms with E-state index in [-0.39, 0.29) is 16.9 Å². The van der Waals surface area contributed by atoms with E-state index in [4.69, 9.17) is 5.73 Å². The fourth-order valence-corrected chi connectivity index (χ4v) is 6.59. The van der Waals surface area contributed by atoms with Gasteiger partial charge >= 0.3 is 0 Å². The standard InChI is InChI=1S/C29H31N3O6/c1-31-12-13-5-4-6-14(9-13)16-7-8-19(33)21-17(16)10-15-11-18-22(26(35)20(15)25(21)34)27(36)23(29(30)38)28(37)24(18)32(2)3/h4-9,15,18,22,24,31,33,35,37H,10-12H2,1-3H3,(H2,30,38)/t15?,18?,22?,24-/m0/s1. The van der Waals surface area contributed by atoms with Crippen LogP contribution in [-0.2, 0) is 22.6 Å². The highest BCUT2D eigenvalue weighted by molar-refractivity contribution is 6.22. The summed E-state index contributed by atoms with van der Waals surface area (Å²) in [6.07, 6.45) is 0.667. The number of likely N-dealkylation sites (N-methyl/N-ethyl adjacent to an activating group) is 1. The Morgan fingerprint density at radius 1 is 1.11 bits per heavy atom. The van der Waals surface area contributed by atoms with E-state index in [0.717, 1.165) is 16.7 Å². The largest absolute Gasteiger partial charge is 0.511 e. The molecule has 9 nitrogen and oxygen atoms in total. The molecule has 2 aromatic rings. The van der Waals surface area contributed by atoms with E-state index in [9.17, 15) is 29.7 Å². The number of nitrogens with two attached hydrogens (primary N) is 1. The second kappa shape index (κ2) is 9.41. The van der Waals surface area contributed by atoms with Crippen molar-refractivity contribution in [1.82, 2.24) is 10.2 Å². The number of allylic oxidation sites excluding steroid dienone is 2. The molecule has 1 amide bonds. The summed E-state index contributed by atoms with van der Waals surface area (Å²) in [6.45, 7) is 0.670. The molecule has 0 heterocycles. The molecule has 38 heavy (non-hydrogen) atoms. The number of fused-ring (bicyclic) bond motifs is 3. The molecule has 0 fully saturated rings. The van der Waals surface area contributed by atoms with E-state index in [0.29, 0.717) is 24.9 Å². The minimum absolute atomic E-state index is 0.0752. The van der Waals surface area contributed by atoms with Gasteiger partial charge in [-0.2, -0.15) is 0 Å². The zero-order valence-electron chi connectivity index (χ0n) is 21.5. The Hall–Kier alpha value is -3.95. The van der Waals surface area contributed by atoms with Gasteiger partial charge in [0.1, 0.15) is 22.8 Å². The number of rotatable bonds is 5. The van der Waals surface area contributed by atoms with Gasteiger partial charge < -0.3 is 26.4 Å². The van der Waals surface area contributed by atoms with Crippen molar-refractivity contribution in [2.24, 2.45) is 23.5 Å². The molecule has 2 aromatic carbocycles. The number of carbonyl (C=O) groups is 3. The number of nitrogens with one attached hydrogen (secondary N) is 1. The van der Waals surface area contributed by atoms with Crippen LogP contribution in [0.2, 0.25) is 0 Å². The van der Waals surface area contributed by atoms with Crippen molar-refractivity contribution < 1.29 is 29.7 Å². The highest BCUT2D eigenvalue weighted by atomic mass is 16.3. The fraction of sp³-hybridized carbons (Fsp3) is 0.345. The first-order valence-corrected chi connectivity index (χ1v) is 12.6. The topological polar surface area (TPSA) is 153 Å². The molecule has 3 unspecified atom stereocenters. The van der Waals surface area contributed by atoms with Gasteiger partial charge in [-0.05, 0) is 80.2 Å². The van der Waals surface area contributed by atoms with E-state index in [2.05, 4.69) is 5.32 Å². The van der Waals surface area contributed by atoms with Crippen molar-refractivity contribution >= 4 is 17.5 Å². The van der Waals surface area contributed by atoms with Crippen LogP contribution >= 0.6 is 0 Å². The predicted octanol–water partition coefficient (Wildman–Crippen LogP) is 2.39. The zero-order chi connectivity index (χ0) is 27.5. The number of Topliss-reactive ketones (excluding diaryl/α,β-unsaturated/α-hetero) is 2. The van der Waals surface area contributed by atoms with E-state index < -0.39 is 58.4 Å². The molecule has 198 valence electrons. The molecule has 0 spiro atoms. The number of amides is 1. The van der Waals surface area contributed by atoms with Gasteiger partial charge in [0.05, 0.1) is 17.5 Å². The van der Waals surface area contributed by atoms with Gasteiger partial charge in [0.2, 0.25) is 0 Å². The van der Waals surface area contributed by atoms with E-state index >= 15 is 0 Å². The lowest BCUT2D eigenvalue weighted by atomic mass is 9.60. The SMILES string of the molecule is CNCc1cccc(-c2ccc(O)c3c2CC2CC4C(C(=O)C(C(N)=O)=C(O)[C@H]4N(C)C)C(O)=C2C3=O)c1. The number of hydrogen-bond acceptors (Lipinski definition) is 8. The first-order valence-electron chi connectivity index (χ1n) is 12.6.